The monoisotopic (exact) mass is 254 g/mol. The highest BCUT2D eigenvalue weighted by atomic mass is 16.1. The maximum Gasteiger partial charge on any atom is 0.221 e. The lowest BCUT2D eigenvalue weighted by Crippen LogP contribution is -2.37. The van der Waals surface area contributed by atoms with Crippen molar-refractivity contribution >= 4 is 5.91 Å². The minimum Gasteiger partial charge on any atom is -0.356 e. The van der Waals surface area contributed by atoms with Crippen molar-refractivity contribution in [2.45, 2.75) is 59.3 Å². The molecule has 0 bridgehead atoms. The first kappa shape index (κ1) is 15.5. The SMILES string of the molecule is CCNCCC(=O)NCC1(CC(C)C)CCCC1. The molecule has 0 atom stereocenters. The summed E-state index contributed by atoms with van der Waals surface area (Å²) in [5.41, 5.74) is 0.391. The molecule has 0 unspecified atom stereocenters. The van der Waals surface area contributed by atoms with E-state index >= 15 is 0 Å². The van der Waals surface area contributed by atoms with Crippen molar-refractivity contribution in [3.05, 3.63) is 0 Å². The largest absolute Gasteiger partial charge is 0.356 e. The van der Waals surface area contributed by atoms with Crippen LogP contribution in [0.1, 0.15) is 59.3 Å². The first-order chi connectivity index (χ1) is 8.58. The molecule has 3 nitrogen and oxygen atoms in total. The summed E-state index contributed by atoms with van der Waals surface area (Å²) < 4.78 is 0. The number of hydrogen-bond donors (Lipinski definition) is 2. The summed E-state index contributed by atoms with van der Waals surface area (Å²) in [5.74, 6) is 0.924. The summed E-state index contributed by atoms with van der Waals surface area (Å²) in [5, 5.41) is 6.34. The summed E-state index contributed by atoms with van der Waals surface area (Å²) in [6.07, 6.45) is 7.10. The van der Waals surface area contributed by atoms with Crippen molar-refractivity contribution < 1.29 is 4.79 Å². The number of carbonyl (C=O) groups excluding carboxylic acids is 1. The number of rotatable bonds is 8. The molecule has 1 amide bonds. The number of hydrogen-bond acceptors (Lipinski definition) is 2. The minimum atomic E-state index is 0.200. The fraction of sp³-hybridized carbons (Fsp3) is 0.933. The average Bonchev–Trinajstić information content (AvgIpc) is 2.75. The Balaban J connectivity index is 2.31. The highest BCUT2D eigenvalue weighted by Gasteiger charge is 2.34. The van der Waals surface area contributed by atoms with Crippen LogP contribution >= 0.6 is 0 Å². The fourth-order valence-electron chi connectivity index (χ4n) is 3.20. The van der Waals surface area contributed by atoms with Gasteiger partial charge >= 0.3 is 0 Å². The van der Waals surface area contributed by atoms with E-state index in [1.54, 1.807) is 0 Å². The molecule has 0 aliphatic heterocycles. The van der Waals surface area contributed by atoms with Gasteiger partial charge in [-0.2, -0.15) is 0 Å². The van der Waals surface area contributed by atoms with Crippen LogP contribution in [0.4, 0.5) is 0 Å². The Kier molecular flexibility index (Phi) is 6.69. The Labute approximate surface area is 112 Å². The predicted molar refractivity (Wildman–Crippen MR) is 76.5 cm³/mol. The second-order valence-electron chi connectivity index (χ2n) is 6.19. The maximum absolute atomic E-state index is 11.8. The quantitative estimate of drug-likeness (QED) is 0.654. The lowest BCUT2D eigenvalue weighted by molar-refractivity contribution is -0.121. The second-order valence-corrected chi connectivity index (χ2v) is 6.19. The van der Waals surface area contributed by atoms with Crippen LogP contribution in [0.3, 0.4) is 0 Å². The highest BCUT2D eigenvalue weighted by Crippen LogP contribution is 2.42. The van der Waals surface area contributed by atoms with Gasteiger partial charge in [-0.3, -0.25) is 4.79 Å². The predicted octanol–water partition coefficient (Wildman–Crippen LogP) is 2.71. The van der Waals surface area contributed by atoms with Gasteiger partial charge in [0.15, 0.2) is 0 Å². The molecule has 3 heteroatoms. The van der Waals surface area contributed by atoms with Gasteiger partial charge in [0, 0.05) is 19.5 Å². The molecule has 1 aliphatic rings. The van der Waals surface area contributed by atoms with E-state index in [2.05, 4.69) is 31.4 Å². The summed E-state index contributed by atoms with van der Waals surface area (Å²) in [6.45, 7) is 9.24. The van der Waals surface area contributed by atoms with Crippen LogP contribution < -0.4 is 10.6 Å². The van der Waals surface area contributed by atoms with E-state index in [1.165, 1.54) is 32.1 Å². The van der Waals surface area contributed by atoms with Gasteiger partial charge in [0.2, 0.25) is 5.91 Å². The summed E-state index contributed by atoms with van der Waals surface area (Å²) in [6, 6.07) is 0. The third kappa shape index (κ3) is 5.38. The zero-order valence-corrected chi connectivity index (χ0v) is 12.3. The molecule has 2 N–H and O–H groups in total. The zero-order valence-electron chi connectivity index (χ0n) is 12.3. The van der Waals surface area contributed by atoms with Gasteiger partial charge in [-0.05, 0) is 37.1 Å². The van der Waals surface area contributed by atoms with Crippen LogP contribution in [0.5, 0.6) is 0 Å². The van der Waals surface area contributed by atoms with Gasteiger partial charge in [-0.1, -0.05) is 33.6 Å². The third-order valence-corrected chi connectivity index (χ3v) is 3.94. The molecule has 0 saturated heterocycles. The first-order valence-electron chi connectivity index (χ1n) is 7.55. The van der Waals surface area contributed by atoms with E-state index in [4.69, 9.17) is 0 Å². The Morgan fingerprint density at radius 2 is 1.94 bits per heavy atom. The summed E-state index contributed by atoms with van der Waals surface area (Å²) >= 11 is 0. The molecule has 0 heterocycles. The van der Waals surface area contributed by atoms with Gasteiger partial charge in [-0.15, -0.1) is 0 Å². The summed E-state index contributed by atoms with van der Waals surface area (Å²) in [7, 11) is 0. The van der Waals surface area contributed by atoms with Crippen LogP contribution in [-0.4, -0.2) is 25.5 Å². The second kappa shape index (κ2) is 7.78. The molecular weight excluding hydrogens is 224 g/mol. The van der Waals surface area contributed by atoms with Gasteiger partial charge in [0.05, 0.1) is 0 Å². The van der Waals surface area contributed by atoms with Crippen molar-refractivity contribution in [3.8, 4) is 0 Å². The van der Waals surface area contributed by atoms with Crippen LogP contribution in [0.15, 0.2) is 0 Å². The van der Waals surface area contributed by atoms with E-state index in [-0.39, 0.29) is 5.91 Å². The third-order valence-electron chi connectivity index (χ3n) is 3.94. The standard InChI is InChI=1S/C15H30N2O/c1-4-16-10-7-14(18)17-12-15(11-13(2)3)8-5-6-9-15/h13,16H,4-12H2,1-3H3,(H,17,18). The van der Waals surface area contributed by atoms with Gasteiger partial charge in [0.25, 0.3) is 0 Å². The molecule has 1 rings (SSSR count). The molecule has 106 valence electrons. The molecule has 1 saturated carbocycles. The van der Waals surface area contributed by atoms with Crippen molar-refractivity contribution in [2.24, 2.45) is 11.3 Å². The van der Waals surface area contributed by atoms with Crippen LogP contribution in [0.2, 0.25) is 0 Å². The first-order valence-corrected chi connectivity index (χ1v) is 7.55. The molecular formula is C15H30N2O. The number of amides is 1. The summed E-state index contributed by atoms with van der Waals surface area (Å²) in [4.78, 5) is 11.8. The Morgan fingerprint density at radius 1 is 1.28 bits per heavy atom. The smallest absolute Gasteiger partial charge is 0.221 e. The van der Waals surface area contributed by atoms with E-state index < -0.39 is 0 Å². The lowest BCUT2D eigenvalue weighted by Gasteiger charge is -2.31. The van der Waals surface area contributed by atoms with Crippen molar-refractivity contribution in [1.82, 2.24) is 10.6 Å². The van der Waals surface area contributed by atoms with Crippen molar-refractivity contribution in [1.29, 1.82) is 0 Å². The zero-order chi connectivity index (χ0) is 13.4. The van der Waals surface area contributed by atoms with E-state index in [0.29, 0.717) is 11.8 Å². The van der Waals surface area contributed by atoms with Gasteiger partial charge in [0.1, 0.15) is 0 Å². The van der Waals surface area contributed by atoms with Crippen molar-refractivity contribution in [3.63, 3.8) is 0 Å². The van der Waals surface area contributed by atoms with E-state index in [1.807, 2.05) is 0 Å². The molecule has 0 aromatic heterocycles. The Morgan fingerprint density at radius 3 is 2.50 bits per heavy atom. The number of carbonyl (C=O) groups is 1. The Bertz CT molecular complexity index is 245. The van der Waals surface area contributed by atoms with Gasteiger partial charge < -0.3 is 10.6 Å². The molecule has 0 spiro atoms. The van der Waals surface area contributed by atoms with Gasteiger partial charge in [-0.25, -0.2) is 0 Å². The molecule has 0 radical (unpaired) electrons. The minimum absolute atomic E-state index is 0.200. The van der Waals surface area contributed by atoms with Crippen molar-refractivity contribution in [2.75, 3.05) is 19.6 Å². The Hall–Kier alpha value is -0.570. The molecule has 1 fully saturated rings. The van der Waals surface area contributed by atoms with Crippen LogP contribution in [0.25, 0.3) is 0 Å². The normalized spacial score (nSPS) is 18.2. The highest BCUT2D eigenvalue weighted by molar-refractivity contribution is 5.76. The maximum atomic E-state index is 11.8. The average molecular weight is 254 g/mol. The van der Waals surface area contributed by atoms with E-state index in [9.17, 15) is 4.79 Å². The molecule has 0 aromatic rings. The van der Waals surface area contributed by atoms with E-state index in [0.717, 1.165) is 25.6 Å². The molecule has 18 heavy (non-hydrogen) atoms. The van der Waals surface area contributed by atoms with Crippen LogP contribution in [0, 0.1) is 11.3 Å². The topological polar surface area (TPSA) is 41.1 Å². The molecule has 1 aliphatic carbocycles. The fourth-order valence-corrected chi connectivity index (χ4v) is 3.20. The van der Waals surface area contributed by atoms with Crippen LogP contribution in [-0.2, 0) is 4.79 Å². The molecule has 0 aromatic carbocycles. The lowest BCUT2D eigenvalue weighted by atomic mass is 9.78. The number of nitrogens with one attached hydrogen (secondary N) is 2.